The summed E-state index contributed by atoms with van der Waals surface area (Å²) in [7, 11) is 0. The molecule has 0 aromatic carbocycles. The fourth-order valence-electron chi connectivity index (χ4n) is 2.25. The zero-order valence-electron chi connectivity index (χ0n) is 9.74. The third-order valence-electron chi connectivity index (χ3n) is 3.18. The second-order valence-corrected chi connectivity index (χ2v) is 5.35. The highest BCUT2D eigenvalue weighted by Gasteiger charge is 2.18. The maximum absolute atomic E-state index is 12.0. The molecule has 1 aromatic heterocycles. The largest absolute Gasteiger partial charge is 0.349 e. The van der Waals surface area contributed by atoms with Gasteiger partial charge in [0.05, 0.1) is 5.56 Å². The Morgan fingerprint density at radius 1 is 1.35 bits per heavy atom. The molecule has 3 nitrogen and oxygen atoms in total. The van der Waals surface area contributed by atoms with Crippen molar-refractivity contribution >= 4 is 17.2 Å². The Morgan fingerprint density at radius 2 is 2.06 bits per heavy atom. The van der Waals surface area contributed by atoms with Crippen LogP contribution in [0.3, 0.4) is 0 Å². The molecule has 0 radical (unpaired) electrons. The van der Waals surface area contributed by atoms with Crippen LogP contribution < -0.4 is 5.32 Å². The van der Waals surface area contributed by atoms with Gasteiger partial charge in [0.15, 0.2) is 0 Å². The summed E-state index contributed by atoms with van der Waals surface area (Å²) < 4.78 is 0. The van der Waals surface area contributed by atoms with Crippen LogP contribution in [0.15, 0.2) is 11.4 Å². The first-order chi connectivity index (χ1) is 8.31. The second-order valence-electron chi connectivity index (χ2n) is 4.44. The van der Waals surface area contributed by atoms with Gasteiger partial charge in [-0.15, -0.1) is 11.3 Å². The number of carbonyl (C=O) groups excluding carboxylic acids is 1. The zero-order valence-corrected chi connectivity index (χ0v) is 10.6. The van der Waals surface area contributed by atoms with Crippen molar-refractivity contribution in [2.45, 2.75) is 44.6 Å². The van der Waals surface area contributed by atoms with Gasteiger partial charge in [0, 0.05) is 6.04 Å². The van der Waals surface area contributed by atoms with Crippen molar-refractivity contribution < 1.29 is 4.79 Å². The van der Waals surface area contributed by atoms with E-state index >= 15 is 0 Å². The highest BCUT2D eigenvalue weighted by Crippen LogP contribution is 2.20. The van der Waals surface area contributed by atoms with Gasteiger partial charge in [0.2, 0.25) is 0 Å². The number of rotatable bonds is 2. The Bertz CT molecular complexity index is 425. The number of nitriles is 1. The molecule has 1 fully saturated rings. The quantitative estimate of drug-likeness (QED) is 0.818. The standard InChI is InChI=1S/C13H16N2OS/c14-9-10-7-8-17-12(10)13(16)15-11-5-3-1-2-4-6-11/h7-8,11H,1-6H2,(H,15,16). The smallest absolute Gasteiger partial charge is 0.262 e. The van der Waals surface area contributed by atoms with E-state index in [1.54, 1.807) is 11.4 Å². The SMILES string of the molecule is N#Cc1ccsc1C(=O)NC1CCCCCC1. The first kappa shape index (κ1) is 12.1. The van der Waals surface area contributed by atoms with Crippen LogP contribution in [-0.2, 0) is 0 Å². The lowest BCUT2D eigenvalue weighted by molar-refractivity contribution is 0.0937. The number of carbonyl (C=O) groups is 1. The molecule has 90 valence electrons. The van der Waals surface area contributed by atoms with E-state index in [4.69, 9.17) is 5.26 Å². The predicted molar refractivity (Wildman–Crippen MR) is 68.0 cm³/mol. The van der Waals surface area contributed by atoms with Crippen LogP contribution in [-0.4, -0.2) is 11.9 Å². The molecule has 4 heteroatoms. The van der Waals surface area contributed by atoms with Gasteiger partial charge in [0.25, 0.3) is 5.91 Å². The van der Waals surface area contributed by atoms with E-state index in [9.17, 15) is 4.79 Å². The van der Waals surface area contributed by atoms with E-state index in [0.717, 1.165) is 12.8 Å². The van der Waals surface area contributed by atoms with E-state index < -0.39 is 0 Å². The van der Waals surface area contributed by atoms with E-state index in [0.29, 0.717) is 16.5 Å². The lowest BCUT2D eigenvalue weighted by atomic mass is 10.1. The minimum atomic E-state index is -0.0801. The minimum Gasteiger partial charge on any atom is -0.349 e. The molecule has 17 heavy (non-hydrogen) atoms. The molecular formula is C13H16N2OS. The summed E-state index contributed by atoms with van der Waals surface area (Å²) in [4.78, 5) is 12.6. The highest BCUT2D eigenvalue weighted by atomic mass is 32.1. The summed E-state index contributed by atoms with van der Waals surface area (Å²) >= 11 is 1.34. The Kier molecular flexibility index (Phi) is 4.16. The van der Waals surface area contributed by atoms with Crippen LogP contribution in [0.25, 0.3) is 0 Å². The van der Waals surface area contributed by atoms with Gasteiger partial charge in [-0.2, -0.15) is 5.26 Å². The Balaban J connectivity index is 1.99. The molecule has 2 rings (SSSR count). The number of nitrogens with zero attached hydrogens (tertiary/aromatic N) is 1. The normalized spacial score (nSPS) is 17.1. The molecular weight excluding hydrogens is 232 g/mol. The van der Waals surface area contributed by atoms with Crippen LogP contribution in [0.5, 0.6) is 0 Å². The Hall–Kier alpha value is -1.34. The van der Waals surface area contributed by atoms with Crippen LogP contribution >= 0.6 is 11.3 Å². The molecule has 0 aliphatic heterocycles. The van der Waals surface area contributed by atoms with Crippen molar-refractivity contribution in [3.63, 3.8) is 0 Å². The number of amides is 1. The maximum Gasteiger partial charge on any atom is 0.262 e. The molecule has 0 unspecified atom stereocenters. The minimum absolute atomic E-state index is 0.0801. The van der Waals surface area contributed by atoms with Crippen molar-refractivity contribution in [1.82, 2.24) is 5.32 Å². The average molecular weight is 248 g/mol. The molecule has 0 saturated heterocycles. The lowest BCUT2D eigenvalue weighted by Crippen LogP contribution is -2.34. The first-order valence-corrected chi connectivity index (χ1v) is 6.97. The van der Waals surface area contributed by atoms with Crippen molar-refractivity contribution in [2.75, 3.05) is 0 Å². The summed E-state index contributed by atoms with van der Waals surface area (Å²) in [5.41, 5.74) is 0.487. The van der Waals surface area contributed by atoms with Crippen molar-refractivity contribution in [3.05, 3.63) is 21.9 Å². The number of nitrogens with one attached hydrogen (secondary N) is 1. The monoisotopic (exact) mass is 248 g/mol. The maximum atomic E-state index is 12.0. The third-order valence-corrected chi connectivity index (χ3v) is 4.10. The Morgan fingerprint density at radius 3 is 2.71 bits per heavy atom. The highest BCUT2D eigenvalue weighted by molar-refractivity contribution is 7.12. The predicted octanol–water partition coefficient (Wildman–Crippen LogP) is 3.07. The summed E-state index contributed by atoms with van der Waals surface area (Å²) in [6.07, 6.45) is 7.07. The molecule has 0 atom stereocenters. The van der Waals surface area contributed by atoms with Crippen LogP contribution in [0, 0.1) is 11.3 Å². The lowest BCUT2D eigenvalue weighted by Gasteiger charge is -2.15. The number of hydrogen-bond acceptors (Lipinski definition) is 3. The second kappa shape index (κ2) is 5.83. The average Bonchev–Trinajstić information content (AvgIpc) is 2.68. The summed E-state index contributed by atoms with van der Waals surface area (Å²) in [6.45, 7) is 0. The van der Waals surface area contributed by atoms with Gasteiger partial charge in [-0.25, -0.2) is 0 Å². The van der Waals surface area contributed by atoms with Crippen LogP contribution in [0.2, 0.25) is 0 Å². The molecule has 1 amide bonds. The number of thiophene rings is 1. The molecule has 0 spiro atoms. The van der Waals surface area contributed by atoms with E-state index in [1.807, 2.05) is 0 Å². The zero-order chi connectivity index (χ0) is 12.1. The summed E-state index contributed by atoms with van der Waals surface area (Å²) in [6, 6.07) is 4.05. The molecule has 0 bridgehead atoms. The van der Waals surface area contributed by atoms with Gasteiger partial charge in [-0.05, 0) is 24.3 Å². The third kappa shape index (κ3) is 3.07. The first-order valence-electron chi connectivity index (χ1n) is 6.09. The molecule has 1 heterocycles. The number of hydrogen-bond donors (Lipinski definition) is 1. The van der Waals surface area contributed by atoms with Crippen molar-refractivity contribution in [2.24, 2.45) is 0 Å². The molecule has 1 saturated carbocycles. The topological polar surface area (TPSA) is 52.9 Å². The van der Waals surface area contributed by atoms with Crippen LogP contribution in [0.4, 0.5) is 0 Å². The van der Waals surface area contributed by atoms with Gasteiger partial charge in [-0.1, -0.05) is 25.7 Å². The van der Waals surface area contributed by atoms with E-state index in [-0.39, 0.29) is 5.91 Å². The van der Waals surface area contributed by atoms with E-state index in [2.05, 4.69) is 11.4 Å². The fraction of sp³-hybridized carbons (Fsp3) is 0.538. The van der Waals surface area contributed by atoms with Gasteiger partial charge < -0.3 is 5.32 Å². The van der Waals surface area contributed by atoms with Crippen molar-refractivity contribution in [3.8, 4) is 6.07 Å². The Labute approximate surface area is 105 Å². The van der Waals surface area contributed by atoms with Gasteiger partial charge in [-0.3, -0.25) is 4.79 Å². The molecule has 1 aliphatic carbocycles. The van der Waals surface area contributed by atoms with Crippen molar-refractivity contribution in [1.29, 1.82) is 5.26 Å². The summed E-state index contributed by atoms with van der Waals surface area (Å²) in [5.74, 6) is -0.0801. The van der Waals surface area contributed by atoms with E-state index in [1.165, 1.54) is 37.0 Å². The molecule has 1 aliphatic rings. The van der Waals surface area contributed by atoms with Crippen LogP contribution in [0.1, 0.15) is 53.8 Å². The van der Waals surface area contributed by atoms with Gasteiger partial charge in [0.1, 0.15) is 10.9 Å². The molecule has 1 aromatic rings. The fourth-order valence-corrected chi connectivity index (χ4v) is 2.99. The molecule has 1 N–H and O–H groups in total. The summed E-state index contributed by atoms with van der Waals surface area (Å²) in [5, 5.41) is 13.7. The van der Waals surface area contributed by atoms with Gasteiger partial charge >= 0.3 is 0 Å².